The van der Waals surface area contributed by atoms with E-state index >= 15 is 0 Å². The molecule has 0 radical (unpaired) electrons. The zero-order chi connectivity index (χ0) is 26.3. The summed E-state index contributed by atoms with van der Waals surface area (Å²) in [5.41, 5.74) is -5.40. The van der Waals surface area contributed by atoms with Crippen molar-refractivity contribution in [3.05, 3.63) is 65.3 Å². The molecule has 36 heavy (non-hydrogen) atoms. The highest BCUT2D eigenvalue weighted by Crippen LogP contribution is 2.37. The molecule has 0 unspecified atom stereocenters. The minimum absolute atomic E-state index is 0.00843. The van der Waals surface area contributed by atoms with E-state index in [1.807, 2.05) is 17.7 Å². The first-order valence-corrected chi connectivity index (χ1v) is 12.2. The fourth-order valence-corrected chi connectivity index (χ4v) is 4.56. The number of anilines is 2. The number of fused-ring (bicyclic) bond motifs is 1. The predicted molar refractivity (Wildman–Crippen MR) is 124 cm³/mol. The molecular formula is C21H12ClF4N5O3S2. The average Bonchev–Trinajstić information content (AvgIpc) is 3.20. The van der Waals surface area contributed by atoms with Gasteiger partial charge in [-0.15, -0.1) is 0 Å². The third-order valence-electron chi connectivity index (χ3n) is 4.70. The monoisotopic (exact) mass is 557 g/mol. The van der Waals surface area contributed by atoms with E-state index in [-0.39, 0.29) is 22.2 Å². The molecule has 2 aromatic heterocycles. The number of pyridine rings is 1. The highest BCUT2D eigenvalue weighted by Gasteiger charge is 2.49. The lowest BCUT2D eigenvalue weighted by molar-refractivity contribution is -0.0500. The van der Waals surface area contributed by atoms with E-state index in [0.717, 1.165) is 12.3 Å². The van der Waals surface area contributed by atoms with Gasteiger partial charge in [-0.3, -0.25) is 4.98 Å². The van der Waals surface area contributed by atoms with Gasteiger partial charge in [-0.05, 0) is 24.3 Å². The van der Waals surface area contributed by atoms with Crippen molar-refractivity contribution in [3.63, 3.8) is 0 Å². The molecule has 0 saturated heterocycles. The predicted octanol–water partition coefficient (Wildman–Crippen LogP) is 5.76. The number of aryl methyl sites for hydroxylation is 1. The molecule has 0 fully saturated rings. The van der Waals surface area contributed by atoms with Crippen molar-refractivity contribution in [3.8, 4) is 11.8 Å². The first-order chi connectivity index (χ1) is 16.9. The Kier molecular flexibility index (Phi) is 6.74. The number of nitrogens with zero attached hydrogens (tertiary/aromatic N) is 4. The minimum Gasteiger partial charge on any atom is -0.373 e. The molecule has 2 heterocycles. The highest BCUT2D eigenvalue weighted by atomic mass is 35.5. The number of alkyl halides is 3. The van der Waals surface area contributed by atoms with E-state index in [1.54, 1.807) is 30.6 Å². The Balaban J connectivity index is 1.71. The number of rotatable bonds is 6. The Morgan fingerprint density at radius 2 is 1.97 bits per heavy atom. The van der Waals surface area contributed by atoms with Crippen LogP contribution in [0.5, 0.6) is 5.75 Å². The van der Waals surface area contributed by atoms with Crippen LogP contribution in [-0.2, 0) is 17.2 Å². The molecule has 1 N–H and O–H groups in total. The first-order valence-electron chi connectivity index (χ1n) is 9.64. The number of nitrogens with one attached hydrogen (secondary N) is 1. The number of nitriles is 1. The Bertz CT molecular complexity index is 1640. The van der Waals surface area contributed by atoms with Crippen LogP contribution in [0.2, 0.25) is 5.02 Å². The van der Waals surface area contributed by atoms with E-state index < -0.39 is 27.2 Å². The Hall–Kier alpha value is -3.54. The van der Waals surface area contributed by atoms with Gasteiger partial charge in [-0.25, -0.2) is 9.37 Å². The second kappa shape index (κ2) is 9.49. The summed E-state index contributed by atoms with van der Waals surface area (Å²) in [7, 11) is -4.28. The molecule has 4 rings (SSSR count). The van der Waals surface area contributed by atoms with Crippen LogP contribution in [0, 0.1) is 17.1 Å². The van der Waals surface area contributed by atoms with Crippen LogP contribution >= 0.6 is 23.4 Å². The maximum Gasteiger partial charge on any atom is 0.534 e. The molecule has 2 aromatic carbocycles. The number of hydrogen-bond donors (Lipinski definition) is 1. The van der Waals surface area contributed by atoms with E-state index in [9.17, 15) is 31.2 Å². The first kappa shape index (κ1) is 25.5. The molecule has 0 amide bonds. The summed E-state index contributed by atoms with van der Waals surface area (Å²) in [6.07, 6.45) is 4.51. The standard InChI is InChI=1S/C21H12ClF4N5O3S2/c1-31-5-4-28-20(31)35-18-3-2-12(6-14(18)22)30-19-11(9-27)10-29-16-8-17(15(23)7-13(16)19)34-36(32,33)21(24,25)26/h2-8,10H,1H3,(H,29,30). The number of hydrogen-bond acceptors (Lipinski definition) is 8. The highest BCUT2D eigenvalue weighted by molar-refractivity contribution is 7.99. The van der Waals surface area contributed by atoms with Crippen LogP contribution in [0.25, 0.3) is 10.9 Å². The quantitative estimate of drug-likeness (QED) is 0.181. The minimum atomic E-state index is -6.10. The maximum absolute atomic E-state index is 14.6. The summed E-state index contributed by atoms with van der Waals surface area (Å²) in [4.78, 5) is 8.81. The molecule has 186 valence electrons. The summed E-state index contributed by atoms with van der Waals surface area (Å²) in [5, 5.41) is 13.5. The maximum atomic E-state index is 14.6. The normalized spacial score (nSPS) is 11.9. The van der Waals surface area contributed by atoms with Gasteiger partial charge in [0.15, 0.2) is 16.7 Å². The van der Waals surface area contributed by atoms with Crippen molar-refractivity contribution in [1.82, 2.24) is 14.5 Å². The van der Waals surface area contributed by atoms with E-state index in [2.05, 4.69) is 19.5 Å². The van der Waals surface area contributed by atoms with Gasteiger partial charge in [0.25, 0.3) is 0 Å². The molecule has 0 atom stereocenters. The van der Waals surface area contributed by atoms with Crippen LogP contribution in [0.1, 0.15) is 5.56 Å². The lowest BCUT2D eigenvalue weighted by Crippen LogP contribution is -2.28. The molecule has 4 aromatic rings. The van der Waals surface area contributed by atoms with Gasteiger partial charge in [0, 0.05) is 47.7 Å². The van der Waals surface area contributed by atoms with E-state index in [1.165, 1.54) is 11.8 Å². The fraction of sp³-hybridized carbons (Fsp3) is 0.0952. The van der Waals surface area contributed by atoms with Gasteiger partial charge in [-0.1, -0.05) is 23.4 Å². The van der Waals surface area contributed by atoms with Crippen LogP contribution in [0.15, 0.2) is 59.0 Å². The molecule has 0 bridgehead atoms. The van der Waals surface area contributed by atoms with Crippen molar-refractivity contribution in [1.29, 1.82) is 5.26 Å². The molecule has 0 saturated carbocycles. The van der Waals surface area contributed by atoms with Gasteiger partial charge in [-0.2, -0.15) is 26.9 Å². The molecule has 15 heteroatoms. The third-order valence-corrected chi connectivity index (χ3v) is 7.25. The van der Waals surface area contributed by atoms with Crippen molar-refractivity contribution in [2.24, 2.45) is 7.05 Å². The second-order valence-electron chi connectivity index (χ2n) is 7.13. The van der Waals surface area contributed by atoms with E-state index in [0.29, 0.717) is 26.8 Å². The molecular weight excluding hydrogens is 546 g/mol. The molecule has 0 aliphatic carbocycles. The van der Waals surface area contributed by atoms with Crippen molar-refractivity contribution >= 4 is 55.8 Å². The summed E-state index contributed by atoms with van der Waals surface area (Å²) in [6.45, 7) is 0. The number of aromatic nitrogens is 3. The van der Waals surface area contributed by atoms with Gasteiger partial charge in [0.05, 0.1) is 21.8 Å². The number of benzene rings is 2. The van der Waals surface area contributed by atoms with Crippen molar-refractivity contribution < 1.29 is 30.2 Å². The van der Waals surface area contributed by atoms with Crippen LogP contribution < -0.4 is 9.50 Å². The van der Waals surface area contributed by atoms with Crippen LogP contribution in [0.4, 0.5) is 28.9 Å². The number of imidazole rings is 1. The second-order valence-corrected chi connectivity index (χ2v) is 10.1. The summed E-state index contributed by atoms with van der Waals surface area (Å²) in [5.74, 6) is -2.60. The van der Waals surface area contributed by atoms with Gasteiger partial charge >= 0.3 is 15.6 Å². The van der Waals surface area contributed by atoms with Gasteiger partial charge in [0.1, 0.15) is 6.07 Å². The Morgan fingerprint density at radius 1 is 1.22 bits per heavy atom. The summed E-state index contributed by atoms with van der Waals surface area (Å²) < 4.78 is 80.8. The summed E-state index contributed by atoms with van der Waals surface area (Å²) in [6, 6.07) is 8.22. The van der Waals surface area contributed by atoms with Crippen molar-refractivity contribution in [2.45, 2.75) is 15.6 Å². The van der Waals surface area contributed by atoms with Gasteiger partial charge in [0.2, 0.25) is 0 Å². The van der Waals surface area contributed by atoms with Crippen LogP contribution in [-0.4, -0.2) is 28.5 Å². The summed E-state index contributed by atoms with van der Waals surface area (Å²) >= 11 is 7.72. The lowest BCUT2D eigenvalue weighted by Gasteiger charge is -2.14. The molecule has 0 spiro atoms. The Morgan fingerprint density at radius 3 is 2.58 bits per heavy atom. The third kappa shape index (κ3) is 5.03. The Labute approximate surface area is 210 Å². The van der Waals surface area contributed by atoms with Gasteiger partial charge < -0.3 is 14.1 Å². The molecule has 0 aliphatic rings. The molecule has 8 nitrogen and oxygen atoms in total. The molecule has 0 aliphatic heterocycles. The van der Waals surface area contributed by atoms with E-state index in [4.69, 9.17) is 11.6 Å². The zero-order valence-electron chi connectivity index (χ0n) is 17.8. The van der Waals surface area contributed by atoms with Crippen molar-refractivity contribution in [2.75, 3.05) is 5.32 Å². The average molecular weight is 558 g/mol. The zero-order valence-corrected chi connectivity index (χ0v) is 20.2. The number of halogens is 5. The smallest absolute Gasteiger partial charge is 0.373 e. The largest absolute Gasteiger partial charge is 0.534 e. The lowest BCUT2D eigenvalue weighted by atomic mass is 10.1. The van der Waals surface area contributed by atoms with Crippen LogP contribution in [0.3, 0.4) is 0 Å². The SMILES string of the molecule is Cn1ccnc1Sc1ccc(Nc2c(C#N)cnc3cc(OS(=O)(=O)C(F)(F)F)c(F)cc23)cc1Cl. The fourth-order valence-electron chi connectivity index (χ4n) is 3.00. The topological polar surface area (TPSA) is 110 Å².